The SMILES string of the molecule is O=C(c1cc2c(C(F)(F)F)n(-c3ccc([N+](=O)[O-])cc3)nc2c2ccccc12)C(F)(F)F. The van der Waals surface area contributed by atoms with Gasteiger partial charge in [0.15, 0.2) is 5.69 Å². The Hall–Kier alpha value is -3.96. The second-order valence-electron chi connectivity index (χ2n) is 6.72. The minimum absolute atomic E-state index is 0.0799. The van der Waals surface area contributed by atoms with Gasteiger partial charge in [-0.1, -0.05) is 24.3 Å². The summed E-state index contributed by atoms with van der Waals surface area (Å²) in [4.78, 5) is 22.1. The molecular formula is C20H9F6N3O3. The van der Waals surface area contributed by atoms with Crippen molar-refractivity contribution in [1.82, 2.24) is 9.78 Å². The molecule has 0 unspecified atom stereocenters. The zero-order valence-corrected chi connectivity index (χ0v) is 15.5. The molecule has 0 N–H and O–H groups in total. The molecule has 4 aromatic rings. The first kappa shape index (κ1) is 21.3. The standard InChI is InChI=1S/C20H9F6N3O3/c21-19(22,23)17-15-9-14(18(30)20(24,25)26)12-3-1-2-4-13(12)16(15)27-28(17)10-5-7-11(8-6-10)29(31)32/h1-9H. The van der Waals surface area contributed by atoms with Crippen LogP contribution >= 0.6 is 0 Å². The van der Waals surface area contributed by atoms with Crippen LogP contribution in [0.2, 0.25) is 0 Å². The Kier molecular flexibility index (Phi) is 4.68. The van der Waals surface area contributed by atoms with Gasteiger partial charge in [0.25, 0.3) is 11.5 Å². The lowest BCUT2D eigenvalue weighted by Gasteiger charge is -2.12. The van der Waals surface area contributed by atoms with Crippen LogP contribution in [0, 0.1) is 10.1 Å². The van der Waals surface area contributed by atoms with Crippen molar-refractivity contribution in [2.24, 2.45) is 0 Å². The Bertz CT molecular complexity index is 1390. The summed E-state index contributed by atoms with van der Waals surface area (Å²) >= 11 is 0. The van der Waals surface area contributed by atoms with Crippen LogP contribution in [0.4, 0.5) is 32.0 Å². The molecule has 0 spiro atoms. The highest BCUT2D eigenvalue weighted by Gasteiger charge is 2.42. The molecule has 0 saturated carbocycles. The predicted octanol–water partition coefficient (Wildman–Crippen LogP) is 5.85. The van der Waals surface area contributed by atoms with Crippen molar-refractivity contribution in [3.63, 3.8) is 0 Å². The van der Waals surface area contributed by atoms with E-state index in [-0.39, 0.29) is 27.7 Å². The van der Waals surface area contributed by atoms with Crippen LogP contribution in [0.25, 0.3) is 27.4 Å². The smallest absolute Gasteiger partial charge is 0.284 e. The first-order valence-corrected chi connectivity index (χ1v) is 8.77. The second-order valence-corrected chi connectivity index (χ2v) is 6.72. The number of alkyl halides is 6. The Balaban J connectivity index is 2.11. The summed E-state index contributed by atoms with van der Waals surface area (Å²) in [6.45, 7) is 0. The fourth-order valence-electron chi connectivity index (χ4n) is 3.43. The van der Waals surface area contributed by atoms with Crippen molar-refractivity contribution < 1.29 is 36.1 Å². The average Bonchev–Trinajstić information content (AvgIpc) is 3.12. The van der Waals surface area contributed by atoms with Crippen LogP contribution in [0.1, 0.15) is 16.1 Å². The normalized spacial score (nSPS) is 12.4. The Morgan fingerprint density at radius 3 is 2.03 bits per heavy atom. The van der Waals surface area contributed by atoms with E-state index < -0.39 is 39.7 Å². The molecule has 1 aromatic heterocycles. The number of aromatic nitrogens is 2. The van der Waals surface area contributed by atoms with Crippen LogP contribution in [0.15, 0.2) is 54.6 Å². The molecule has 164 valence electrons. The number of nitro benzene ring substituents is 1. The van der Waals surface area contributed by atoms with E-state index >= 15 is 0 Å². The zero-order valence-electron chi connectivity index (χ0n) is 15.5. The predicted molar refractivity (Wildman–Crippen MR) is 101 cm³/mol. The summed E-state index contributed by atoms with van der Waals surface area (Å²) in [5.74, 6) is -2.29. The zero-order chi connectivity index (χ0) is 23.4. The minimum Gasteiger partial charge on any atom is -0.284 e. The molecule has 4 rings (SSSR count). The van der Waals surface area contributed by atoms with Crippen molar-refractivity contribution in [2.75, 3.05) is 0 Å². The van der Waals surface area contributed by atoms with Crippen LogP contribution in [-0.4, -0.2) is 26.7 Å². The van der Waals surface area contributed by atoms with Crippen molar-refractivity contribution in [3.8, 4) is 5.69 Å². The maximum absolute atomic E-state index is 14.0. The summed E-state index contributed by atoms with van der Waals surface area (Å²) in [5, 5.41) is 13.8. The molecule has 0 saturated heterocycles. The number of nitro groups is 1. The molecule has 1 heterocycles. The number of nitrogens with zero attached hydrogens (tertiary/aromatic N) is 3. The van der Waals surface area contributed by atoms with Crippen molar-refractivity contribution in [2.45, 2.75) is 12.4 Å². The lowest BCUT2D eigenvalue weighted by atomic mass is 9.97. The first-order valence-electron chi connectivity index (χ1n) is 8.77. The van der Waals surface area contributed by atoms with Gasteiger partial charge in [0.1, 0.15) is 5.52 Å². The minimum atomic E-state index is -5.30. The molecule has 6 nitrogen and oxygen atoms in total. The van der Waals surface area contributed by atoms with E-state index in [4.69, 9.17) is 0 Å². The van der Waals surface area contributed by atoms with Gasteiger partial charge in [-0.2, -0.15) is 31.4 Å². The van der Waals surface area contributed by atoms with Crippen LogP contribution in [-0.2, 0) is 6.18 Å². The topological polar surface area (TPSA) is 78.0 Å². The third-order valence-corrected chi connectivity index (χ3v) is 4.76. The number of Topliss-reactive ketones (excluding diaryl/α,β-unsaturated/α-hetero) is 1. The van der Waals surface area contributed by atoms with Crippen molar-refractivity contribution in [3.05, 3.63) is 76.0 Å². The van der Waals surface area contributed by atoms with E-state index in [0.29, 0.717) is 10.7 Å². The van der Waals surface area contributed by atoms with E-state index in [0.717, 1.165) is 24.3 Å². The van der Waals surface area contributed by atoms with E-state index in [1.807, 2.05) is 0 Å². The molecule has 0 bridgehead atoms. The molecule has 3 aromatic carbocycles. The number of benzene rings is 3. The molecule has 0 aliphatic carbocycles. The number of non-ortho nitro benzene ring substituents is 1. The quantitative estimate of drug-likeness (QED) is 0.169. The molecule has 32 heavy (non-hydrogen) atoms. The molecule has 0 fully saturated rings. The fraction of sp³-hybridized carbons (Fsp3) is 0.100. The number of halogens is 6. The number of hydrogen-bond acceptors (Lipinski definition) is 4. The number of fused-ring (bicyclic) bond motifs is 3. The van der Waals surface area contributed by atoms with E-state index in [2.05, 4.69) is 5.10 Å². The number of ketones is 1. The number of carbonyl (C=O) groups is 1. The Morgan fingerprint density at radius 2 is 1.50 bits per heavy atom. The van der Waals surface area contributed by atoms with Crippen LogP contribution in [0.3, 0.4) is 0 Å². The van der Waals surface area contributed by atoms with Gasteiger partial charge in [-0.15, -0.1) is 0 Å². The maximum atomic E-state index is 14.0. The summed E-state index contributed by atoms with van der Waals surface area (Å²) in [6.07, 6.45) is -10.4. The van der Waals surface area contributed by atoms with Gasteiger partial charge in [0.2, 0.25) is 0 Å². The van der Waals surface area contributed by atoms with Crippen LogP contribution < -0.4 is 0 Å². The summed E-state index contributed by atoms with van der Waals surface area (Å²) < 4.78 is 81.8. The molecule has 12 heteroatoms. The van der Waals surface area contributed by atoms with Gasteiger partial charge in [-0.25, -0.2) is 4.68 Å². The van der Waals surface area contributed by atoms with Crippen molar-refractivity contribution in [1.29, 1.82) is 0 Å². The third-order valence-electron chi connectivity index (χ3n) is 4.76. The number of rotatable bonds is 3. The monoisotopic (exact) mass is 453 g/mol. The van der Waals surface area contributed by atoms with E-state index in [1.54, 1.807) is 0 Å². The molecule has 0 atom stereocenters. The van der Waals surface area contributed by atoms with Gasteiger partial charge in [0.05, 0.1) is 10.6 Å². The van der Waals surface area contributed by atoms with Gasteiger partial charge < -0.3 is 0 Å². The summed E-state index contributed by atoms with van der Waals surface area (Å²) in [5.41, 5.74) is -3.20. The highest BCUT2D eigenvalue weighted by molar-refractivity contribution is 6.18. The van der Waals surface area contributed by atoms with Gasteiger partial charge >= 0.3 is 12.4 Å². The number of hydrogen-bond donors (Lipinski definition) is 0. The van der Waals surface area contributed by atoms with E-state index in [9.17, 15) is 41.3 Å². The molecular weight excluding hydrogens is 444 g/mol. The molecule has 0 radical (unpaired) electrons. The average molecular weight is 453 g/mol. The highest BCUT2D eigenvalue weighted by atomic mass is 19.4. The van der Waals surface area contributed by atoms with Crippen LogP contribution in [0.5, 0.6) is 0 Å². The fourth-order valence-corrected chi connectivity index (χ4v) is 3.43. The van der Waals surface area contributed by atoms with E-state index in [1.165, 1.54) is 24.3 Å². The largest absolute Gasteiger partial charge is 0.454 e. The summed E-state index contributed by atoms with van der Waals surface area (Å²) in [6, 6.07) is 9.72. The lowest BCUT2D eigenvalue weighted by molar-refractivity contribution is -0.384. The molecule has 0 amide bonds. The second kappa shape index (κ2) is 7.04. The first-order chi connectivity index (χ1) is 14.9. The molecule has 0 aliphatic rings. The van der Waals surface area contributed by atoms with Crippen molar-refractivity contribution >= 4 is 33.1 Å². The Morgan fingerprint density at radius 1 is 0.906 bits per heavy atom. The van der Waals surface area contributed by atoms with Gasteiger partial charge in [-0.3, -0.25) is 14.9 Å². The van der Waals surface area contributed by atoms with Gasteiger partial charge in [-0.05, 0) is 23.6 Å². The number of carbonyl (C=O) groups excluding carboxylic acids is 1. The lowest BCUT2D eigenvalue weighted by Crippen LogP contribution is -2.23. The maximum Gasteiger partial charge on any atom is 0.454 e. The highest BCUT2D eigenvalue weighted by Crippen LogP contribution is 2.40. The molecule has 0 aliphatic heterocycles. The summed E-state index contributed by atoms with van der Waals surface area (Å²) in [7, 11) is 0. The Labute approximate surface area is 173 Å². The van der Waals surface area contributed by atoms with Gasteiger partial charge in [0, 0.05) is 28.5 Å². The third kappa shape index (κ3) is 3.43.